The Labute approximate surface area is 117 Å². The zero-order chi connectivity index (χ0) is 13.9. The highest BCUT2D eigenvalue weighted by Crippen LogP contribution is 2.22. The standard InChI is InChI=1S/C13H16N2O2S2/c1-10(11-6-7-18-9-11)15-12-4-3-5-13(8-12)19(16,17)14-2/h3-10,14-15H,1-2H3. The summed E-state index contributed by atoms with van der Waals surface area (Å²) in [5.41, 5.74) is 1.97. The fourth-order valence-corrected chi connectivity index (χ4v) is 3.26. The van der Waals surface area contributed by atoms with Crippen LogP contribution in [0, 0.1) is 0 Å². The van der Waals surface area contributed by atoms with Crippen molar-refractivity contribution in [2.24, 2.45) is 0 Å². The van der Waals surface area contributed by atoms with Crippen molar-refractivity contribution < 1.29 is 8.42 Å². The van der Waals surface area contributed by atoms with E-state index in [0.29, 0.717) is 0 Å². The smallest absolute Gasteiger partial charge is 0.240 e. The Balaban J connectivity index is 2.20. The molecule has 2 N–H and O–H groups in total. The number of sulfonamides is 1. The third-order valence-corrected chi connectivity index (χ3v) is 4.95. The van der Waals surface area contributed by atoms with Crippen molar-refractivity contribution >= 4 is 27.0 Å². The van der Waals surface area contributed by atoms with E-state index in [0.717, 1.165) is 5.69 Å². The molecule has 2 rings (SSSR count). The molecule has 0 aliphatic heterocycles. The molecule has 2 aromatic rings. The van der Waals surface area contributed by atoms with Crippen molar-refractivity contribution in [3.05, 3.63) is 46.7 Å². The quantitative estimate of drug-likeness (QED) is 0.892. The number of rotatable bonds is 5. The Kier molecular flexibility index (Phi) is 4.24. The van der Waals surface area contributed by atoms with E-state index in [1.165, 1.54) is 12.6 Å². The van der Waals surface area contributed by atoms with Crippen molar-refractivity contribution in [3.63, 3.8) is 0 Å². The Hall–Kier alpha value is -1.37. The van der Waals surface area contributed by atoms with Crippen LogP contribution >= 0.6 is 11.3 Å². The molecule has 1 aromatic carbocycles. The Bertz CT molecular complexity index is 636. The minimum Gasteiger partial charge on any atom is -0.378 e. The van der Waals surface area contributed by atoms with Crippen LogP contribution in [0.15, 0.2) is 46.0 Å². The van der Waals surface area contributed by atoms with Gasteiger partial charge in [-0.2, -0.15) is 11.3 Å². The molecule has 0 amide bonds. The molecule has 0 fully saturated rings. The van der Waals surface area contributed by atoms with Crippen LogP contribution in [0.4, 0.5) is 5.69 Å². The molecule has 0 spiro atoms. The average molecular weight is 296 g/mol. The van der Waals surface area contributed by atoms with Gasteiger partial charge in [-0.05, 0) is 54.6 Å². The fourth-order valence-electron chi connectivity index (χ4n) is 1.73. The zero-order valence-electron chi connectivity index (χ0n) is 10.8. The summed E-state index contributed by atoms with van der Waals surface area (Å²) in [6.45, 7) is 2.04. The Morgan fingerprint density at radius 1 is 1.26 bits per heavy atom. The molecule has 1 atom stereocenters. The van der Waals surface area contributed by atoms with Crippen LogP contribution in [0.2, 0.25) is 0 Å². The van der Waals surface area contributed by atoms with Crippen LogP contribution in [0.25, 0.3) is 0 Å². The van der Waals surface area contributed by atoms with Gasteiger partial charge in [0.25, 0.3) is 0 Å². The van der Waals surface area contributed by atoms with Gasteiger partial charge in [0.1, 0.15) is 0 Å². The second-order valence-corrected chi connectivity index (χ2v) is 6.82. The van der Waals surface area contributed by atoms with Crippen LogP contribution in [-0.4, -0.2) is 15.5 Å². The molecular formula is C13H16N2O2S2. The summed E-state index contributed by atoms with van der Waals surface area (Å²) in [4.78, 5) is 0.262. The van der Waals surface area contributed by atoms with Crippen LogP contribution in [0.5, 0.6) is 0 Å². The summed E-state index contributed by atoms with van der Waals surface area (Å²) >= 11 is 1.64. The zero-order valence-corrected chi connectivity index (χ0v) is 12.4. The first-order valence-electron chi connectivity index (χ1n) is 5.85. The number of anilines is 1. The van der Waals surface area contributed by atoms with Gasteiger partial charge in [-0.3, -0.25) is 0 Å². The highest BCUT2D eigenvalue weighted by Gasteiger charge is 2.12. The third-order valence-electron chi connectivity index (χ3n) is 2.84. The minimum atomic E-state index is -3.40. The first-order chi connectivity index (χ1) is 9.03. The lowest BCUT2D eigenvalue weighted by atomic mass is 10.2. The lowest BCUT2D eigenvalue weighted by Gasteiger charge is -2.14. The van der Waals surface area contributed by atoms with Gasteiger partial charge >= 0.3 is 0 Å². The maximum atomic E-state index is 11.7. The monoisotopic (exact) mass is 296 g/mol. The molecule has 0 aliphatic rings. The second kappa shape index (κ2) is 5.73. The molecule has 19 heavy (non-hydrogen) atoms. The summed E-state index contributed by atoms with van der Waals surface area (Å²) in [5, 5.41) is 7.39. The van der Waals surface area contributed by atoms with Crippen molar-refractivity contribution in [2.45, 2.75) is 17.9 Å². The van der Waals surface area contributed by atoms with Gasteiger partial charge in [0, 0.05) is 11.7 Å². The SMILES string of the molecule is CNS(=O)(=O)c1cccc(NC(C)c2ccsc2)c1. The van der Waals surface area contributed by atoms with Crippen LogP contribution in [0.1, 0.15) is 18.5 Å². The molecule has 1 unspecified atom stereocenters. The van der Waals surface area contributed by atoms with E-state index in [2.05, 4.69) is 21.5 Å². The summed E-state index contributed by atoms with van der Waals surface area (Å²) in [5.74, 6) is 0. The van der Waals surface area contributed by atoms with E-state index in [9.17, 15) is 8.42 Å². The number of hydrogen-bond donors (Lipinski definition) is 2. The second-order valence-electron chi connectivity index (χ2n) is 4.16. The predicted octanol–water partition coefficient (Wildman–Crippen LogP) is 2.83. The van der Waals surface area contributed by atoms with E-state index in [1.54, 1.807) is 29.5 Å². The molecule has 1 heterocycles. The summed E-state index contributed by atoms with van der Waals surface area (Å²) < 4.78 is 25.8. The van der Waals surface area contributed by atoms with Gasteiger partial charge in [0.05, 0.1) is 4.90 Å². The van der Waals surface area contributed by atoms with Gasteiger partial charge in [-0.1, -0.05) is 6.07 Å². The molecule has 0 aliphatic carbocycles. The van der Waals surface area contributed by atoms with E-state index in [1.807, 2.05) is 18.4 Å². The molecular weight excluding hydrogens is 280 g/mol. The van der Waals surface area contributed by atoms with Crippen molar-refractivity contribution in [1.82, 2.24) is 4.72 Å². The summed E-state index contributed by atoms with van der Waals surface area (Å²) in [7, 11) is -1.99. The van der Waals surface area contributed by atoms with E-state index in [-0.39, 0.29) is 10.9 Å². The number of hydrogen-bond acceptors (Lipinski definition) is 4. The maximum Gasteiger partial charge on any atom is 0.240 e. The van der Waals surface area contributed by atoms with Crippen LogP contribution < -0.4 is 10.0 Å². The van der Waals surface area contributed by atoms with Gasteiger partial charge in [-0.15, -0.1) is 0 Å². The first-order valence-corrected chi connectivity index (χ1v) is 8.28. The van der Waals surface area contributed by atoms with Crippen molar-refractivity contribution in [2.75, 3.05) is 12.4 Å². The van der Waals surface area contributed by atoms with Crippen molar-refractivity contribution in [3.8, 4) is 0 Å². The fraction of sp³-hybridized carbons (Fsp3) is 0.231. The average Bonchev–Trinajstić information content (AvgIpc) is 2.93. The lowest BCUT2D eigenvalue weighted by molar-refractivity contribution is 0.588. The molecule has 0 saturated heterocycles. The predicted molar refractivity (Wildman–Crippen MR) is 79.0 cm³/mol. The first kappa shape index (κ1) is 14.0. The highest BCUT2D eigenvalue weighted by atomic mass is 32.2. The largest absolute Gasteiger partial charge is 0.378 e. The molecule has 0 radical (unpaired) electrons. The third kappa shape index (κ3) is 3.34. The number of nitrogens with one attached hydrogen (secondary N) is 2. The van der Waals surface area contributed by atoms with Gasteiger partial charge in [0.15, 0.2) is 0 Å². The van der Waals surface area contributed by atoms with Gasteiger partial charge in [-0.25, -0.2) is 13.1 Å². The number of thiophene rings is 1. The minimum absolute atomic E-state index is 0.138. The molecule has 1 aromatic heterocycles. The Morgan fingerprint density at radius 3 is 2.68 bits per heavy atom. The van der Waals surface area contributed by atoms with E-state index >= 15 is 0 Å². The van der Waals surface area contributed by atoms with E-state index in [4.69, 9.17) is 0 Å². The van der Waals surface area contributed by atoms with E-state index < -0.39 is 10.0 Å². The van der Waals surface area contributed by atoms with Crippen LogP contribution in [-0.2, 0) is 10.0 Å². The van der Waals surface area contributed by atoms with Crippen molar-refractivity contribution in [1.29, 1.82) is 0 Å². The molecule has 6 heteroatoms. The molecule has 4 nitrogen and oxygen atoms in total. The highest BCUT2D eigenvalue weighted by molar-refractivity contribution is 7.89. The van der Waals surface area contributed by atoms with Gasteiger partial charge < -0.3 is 5.32 Å². The normalized spacial score (nSPS) is 13.2. The lowest BCUT2D eigenvalue weighted by Crippen LogP contribution is -2.18. The molecule has 0 bridgehead atoms. The Morgan fingerprint density at radius 2 is 2.05 bits per heavy atom. The molecule has 0 saturated carbocycles. The summed E-state index contributed by atoms with van der Waals surface area (Å²) in [6, 6.07) is 8.99. The van der Waals surface area contributed by atoms with Crippen LogP contribution in [0.3, 0.4) is 0 Å². The summed E-state index contributed by atoms with van der Waals surface area (Å²) in [6.07, 6.45) is 0. The number of benzene rings is 1. The topological polar surface area (TPSA) is 58.2 Å². The molecule has 102 valence electrons. The maximum absolute atomic E-state index is 11.7. The van der Waals surface area contributed by atoms with Gasteiger partial charge in [0.2, 0.25) is 10.0 Å².